The summed E-state index contributed by atoms with van der Waals surface area (Å²) in [5.74, 6) is 1.15. The number of carbonyl (C=O) groups is 1. The second-order valence-corrected chi connectivity index (χ2v) is 5.64. The van der Waals surface area contributed by atoms with E-state index in [9.17, 15) is 9.90 Å². The van der Waals surface area contributed by atoms with Crippen LogP contribution in [0.4, 0.5) is 0 Å². The first-order chi connectivity index (χ1) is 11.2. The Morgan fingerprint density at radius 1 is 1.43 bits per heavy atom. The molecule has 8 heteroatoms. The number of aromatic nitrogens is 2. The minimum atomic E-state index is -0.859. The Labute approximate surface area is 135 Å². The van der Waals surface area contributed by atoms with Crippen LogP contribution in [-0.2, 0) is 11.2 Å². The van der Waals surface area contributed by atoms with Gasteiger partial charge in [0, 0.05) is 23.8 Å². The van der Waals surface area contributed by atoms with Crippen LogP contribution >= 0.6 is 11.3 Å². The van der Waals surface area contributed by atoms with Gasteiger partial charge in [0.1, 0.15) is 11.9 Å². The van der Waals surface area contributed by atoms with Crippen LogP contribution in [0, 0.1) is 0 Å². The predicted molar refractivity (Wildman–Crippen MR) is 82.6 cm³/mol. The zero-order chi connectivity index (χ0) is 16.1. The highest BCUT2D eigenvalue weighted by atomic mass is 32.1. The molecule has 7 nitrogen and oxygen atoms in total. The Hall–Kier alpha value is -2.45. The molecule has 23 heavy (non-hydrogen) atoms. The Morgan fingerprint density at radius 2 is 2.35 bits per heavy atom. The van der Waals surface area contributed by atoms with E-state index in [-0.39, 0.29) is 18.9 Å². The molecule has 0 spiro atoms. The zero-order valence-electron chi connectivity index (χ0n) is 12.1. The zero-order valence-corrected chi connectivity index (χ0v) is 13.0. The largest absolute Gasteiger partial charge is 0.467 e. The van der Waals surface area contributed by atoms with Crippen molar-refractivity contribution in [3.05, 3.63) is 46.9 Å². The number of thiophene rings is 1. The van der Waals surface area contributed by atoms with E-state index in [1.54, 1.807) is 23.5 Å². The van der Waals surface area contributed by atoms with Crippen LogP contribution in [-0.4, -0.2) is 27.7 Å². The molecule has 0 aliphatic heterocycles. The quantitative estimate of drug-likeness (QED) is 0.687. The summed E-state index contributed by atoms with van der Waals surface area (Å²) in [4.78, 5) is 16.0. The van der Waals surface area contributed by atoms with Crippen LogP contribution in [0.5, 0.6) is 0 Å². The van der Waals surface area contributed by atoms with Crippen molar-refractivity contribution in [3.8, 4) is 11.4 Å². The van der Waals surface area contributed by atoms with Crippen molar-refractivity contribution in [2.45, 2.75) is 18.9 Å². The highest BCUT2D eigenvalue weighted by molar-refractivity contribution is 7.08. The molecule has 0 aromatic carbocycles. The summed E-state index contributed by atoms with van der Waals surface area (Å²) in [7, 11) is 0. The molecule has 1 unspecified atom stereocenters. The fourth-order valence-electron chi connectivity index (χ4n) is 1.97. The number of carbonyl (C=O) groups excluding carboxylic acids is 1. The summed E-state index contributed by atoms with van der Waals surface area (Å²) >= 11 is 1.55. The summed E-state index contributed by atoms with van der Waals surface area (Å²) in [6.07, 6.45) is 1.17. The van der Waals surface area contributed by atoms with E-state index in [0.717, 1.165) is 5.56 Å². The topological polar surface area (TPSA) is 101 Å². The number of hydrogen-bond donors (Lipinski definition) is 2. The van der Waals surface area contributed by atoms with Gasteiger partial charge < -0.3 is 19.4 Å². The summed E-state index contributed by atoms with van der Waals surface area (Å²) in [5, 5.41) is 20.2. The van der Waals surface area contributed by atoms with Gasteiger partial charge in [-0.05, 0) is 23.6 Å². The molecule has 0 aliphatic rings. The lowest BCUT2D eigenvalue weighted by Gasteiger charge is -2.08. The van der Waals surface area contributed by atoms with E-state index >= 15 is 0 Å². The van der Waals surface area contributed by atoms with Crippen LogP contribution in [0.25, 0.3) is 11.4 Å². The van der Waals surface area contributed by atoms with Crippen LogP contribution in [0.2, 0.25) is 0 Å². The second-order valence-electron chi connectivity index (χ2n) is 4.86. The highest BCUT2D eigenvalue weighted by Gasteiger charge is 2.14. The van der Waals surface area contributed by atoms with Gasteiger partial charge in [0.2, 0.25) is 17.6 Å². The number of aliphatic hydroxyl groups excluding tert-OH is 1. The maximum atomic E-state index is 11.8. The van der Waals surface area contributed by atoms with Crippen molar-refractivity contribution in [2.24, 2.45) is 0 Å². The van der Waals surface area contributed by atoms with Crippen molar-refractivity contribution in [2.75, 3.05) is 6.54 Å². The lowest BCUT2D eigenvalue weighted by molar-refractivity contribution is -0.121. The van der Waals surface area contributed by atoms with E-state index in [1.165, 1.54) is 6.26 Å². The molecular weight excluding hydrogens is 318 g/mol. The van der Waals surface area contributed by atoms with E-state index in [2.05, 4.69) is 15.5 Å². The third-order valence-electron chi connectivity index (χ3n) is 3.18. The van der Waals surface area contributed by atoms with Gasteiger partial charge in [0.05, 0.1) is 12.8 Å². The van der Waals surface area contributed by atoms with Crippen molar-refractivity contribution in [1.29, 1.82) is 0 Å². The van der Waals surface area contributed by atoms with E-state index in [4.69, 9.17) is 8.94 Å². The van der Waals surface area contributed by atoms with Crippen LogP contribution in [0.1, 0.15) is 24.2 Å². The second kappa shape index (κ2) is 7.21. The number of rotatable bonds is 7. The Balaban J connectivity index is 1.44. The van der Waals surface area contributed by atoms with Gasteiger partial charge >= 0.3 is 0 Å². The van der Waals surface area contributed by atoms with Crippen LogP contribution in [0.15, 0.2) is 44.2 Å². The van der Waals surface area contributed by atoms with Gasteiger partial charge in [-0.15, -0.1) is 0 Å². The normalized spacial score (nSPS) is 12.2. The third-order valence-corrected chi connectivity index (χ3v) is 3.86. The third kappa shape index (κ3) is 4.05. The van der Waals surface area contributed by atoms with Crippen LogP contribution in [0.3, 0.4) is 0 Å². The number of amides is 1. The molecule has 0 radical (unpaired) electrons. The number of aryl methyl sites for hydroxylation is 1. The van der Waals surface area contributed by atoms with Crippen molar-refractivity contribution in [1.82, 2.24) is 15.5 Å². The maximum absolute atomic E-state index is 11.8. The highest BCUT2D eigenvalue weighted by Crippen LogP contribution is 2.19. The molecule has 3 aromatic rings. The Kier molecular flexibility index (Phi) is 4.84. The maximum Gasteiger partial charge on any atom is 0.227 e. The molecule has 3 rings (SSSR count). The molecule has 120 valence electrons. The summed E-state index contributed by atoms with van der Waals surface area (Å²) < 4.78 is 10.2. The van der Waals surface area contributed by atoms with Gasteiger partial charge in [-0.3, -0.25) is 4.79 Å². The molecule has 0 bridgehead atoms. The number of nitrogens with one attached hydrogen (secondary N) is 1. The molecule has 0 saturated carbocycles. The summed E-state index contributed by atoms with van der Waals surface area (Å²) in [6.45, 7) is 0.0936. The summed E-state index contributed by atoms with van der Waals surface area (Å²) in [6, 6.07) is 5.24. The Morgan fingerprint density at radius 3 is 3.09 bits per heavy atom. The lowest BCUT2D eigenvalue weighted by atomic mass is 10.2. The average Bonchev–Trinajstić information content (AvgIpc) is 3.32. The van der Waals surface area contributed by atoms with Crippen molar-refractivity contribution < 1.29 is 18.8 Å². The van der Waals surface area contributed by atoms with Crippen molar-refractivity contribution in [3.63, 3.8) is 0 Å². The molecule has 0 aliphatic carbocycles. The molecule has 0 fully saturated rings. The van der Waals surface area contributed by atoms with Crippen LogP contribution < -0.4 is 5.32 Å². The van der Waals surface area contributed by atoms with Crippen molar-refractivity contribution >= 4 is 17.2 Å². The van der Waals surface area contributed by atoms with E-state index < -0.39 is 6.10 Å². The molecule has 1 amide bonds. The standard InChI is InChI=1S/C15H15N3O4S/c19-11(12-2-1-6-21-12)8-16-13(20)3-4-14-17-15(18-22-14)10-5-7-23-9-10/h1-2,5-7,9,11,19H,3-4,8H2,(H,16,20). The smallest absolute Gasteiger partial charge is 0.227 e. The molecule has 3 heterocycles. The minimum absolute atomic E-state index is 0.0936. The Bertz CT molecular complexity index is 737. The van der Waals surface area contributed by atoms with E-state index in [1.807, 2.05) is 16.8 Å². The summed E-state index contributed by atoms with van der Waals surface area (Å²) in [5.41, 5.74) is 0.899. The number of nitrogens with zero attached hydrogens (tertiary/aromatic N) is 2. The molecule has 2 N–H and O–H groups in total. The first kappa shape index (κ1) is 15.4. The molecule has 3 aromatic heterocycles. The molecule has 1 atom stereocenters. The molecule has 0 saturated heterocycles. The minimum Gasteiger partial charge on any atom is -0.467 e. The number of aliphatic hydroxyl groups is 1. The van der Waals surface area contributed by atoms with Gasteiger partial charge in [0.25, 0.3) is 0 Å². The SMILES string of the molecule is O=C(CCc1nc(-c2ccsc2)no1)NCC(O)c1ccco1. The van der Waals surface area contributed by atoms with Gasteiger partial charge in [0.15, 0.2) is 0 Å². The molecular formula is C15H15N3O4S. The average molecular weight is 333 g/mol. The van der Waals surface area contributed by atoms with Gasteiger partial charge in [-0.25, -0.2) is 0 Å². The number of hydrogen-bond acceptors (Lipinski definition) is 7. The van der Waals surface area contributed by atoms with E-state index in [0.29, 0.717) is 23.9 Å². The predicted octanol–water partition coefficient (Wildman–Crippen LogP) is 2.17. The lowest BCUT2D eigenvalue weighted by Crippen LogP contribution is -2.28. The number of furan rings is 1. The monoisotopic (exact) mass is 333 g/mol. The fraction of sp³-hybridized carbons (Fsp3) is 0.267. The van der Waals surface area contributed by atoms with Gasteiger partial charge in [-0.2, -0.15) is 16.3 Å². The first-order valence-corrected chi connectivity index (χ1v) is 8.00. The fourth-order valence-corrected chi connectivity index (χ4v) is 2.60. The van der Waals surface area contributed by atoms with Gasteiger partial charge in [-0.1, -0.05) is 5.16 Å². The first-order valence-electron chi connectivity index (χ1n) is 7.05.